The molecule has 0 fully saturated rings. The van der Waals surface area contributed by atoms with Gasteiger partial charge in [0.25, 0.3) is 0 Å². The molecule has 0 saturated carbocycles. The zero-order valence-corrected chi connectivity index (χ0v) is 11.8. The van der Waals surface area contributed by atoms with Gasteiger partial charge in [-0.1, -0.05) is 15.9 Å². The number of halogens is 1. The molecule has 0 unspecified atom stereocenters. The third-order valence-electron chi connectivity index (χ3n) is 2.03. The van der Waals surface area contributed by atoms with E-state index in [0.29, 0.717) is 6.42 Å². The van der Waals surface area contributed by atoms with Crippen LogP contribution in [-0.4, -0.2) is 41.7 Å². The van der Waals surface area contributed by atoms with Gasteiger partial charge in [-0.25, -0.2) is 0 Å². The number of amides is 2. The highest BCUT2D eigenvalue weighted by atomic mass is 79.9. The van der Waals surface area contributed by atoms with E-state index in [2.05, 4.69) is 21.2 Å². The fraction of sp³-hybridized carbons (Fsp3) is 0.818. The lowest BCUT2D eigenvalue weighted by Gasteiger charge is -2.17. The van der Waals surface area contributed by atoms with Gasteiger partial charge in [0.1, 0.15) is 0 Å². The Labute approximate surface area is 106 Å². The summed E-state index contributed by atoms with van der Waals surface area (Å²) in [6.07, 6.45) is 2.36. The maximum Gasteiger partial charge on any atom is 0.239 e. The molecule has 0 spiro atoms. The molecule has 0 radical (unpaired) electrons. The van der Waals surface area contributed by atoms with Gasteiger partial charge < -0.3 is 10.2 Å². The van der Waals surface area contributed by atoms with E-state index >= 15 is 0 Å². The predicted molar refractivity (Wildman–Crippen MR) is 68.6 cm³/mol. The van der Waals surface area contributed by atoms with Crippen LogP contribution in [0, 0.1) is 0 Å². The second kappa shape index (κ2) is 8.56. The van der Waals surface area contributed by atoms with Crippen LogP contribution in [0.25, 0.3) is 0 Å². The van der Waals surface area contributed by atoms with E-state index in [1.807, 2.05) is 13.8 Å². The first kappa shape index (κ1) is 15.4. The van der Waals surface area contributed by atoms with Crippen molar-refractivity contribution in [3.8, 4) is 0 Å². The lowest BCUT2D eigenvalue weighted by atomic mass is 10.2. The number of carbonyl (C=O) groups is 2. The van der Waals surface area contributed by atoms with Gasteiger partial charge in [0.2, 0.25) is 11.8 Å². The molecule has 0 aliphatic heterocycles. The number of hydrogen-bond acceptors (Lipinski definition) is 2. The number of unbranched alkanes of at least 4 members (excludes halogenated alkanes) is 1. The van der Waals surface area contributed by atoms with Crippen LogP contribution in [0.15, 0.2) is 0 Å². The van der Waals surface area contributed by atoms with Crippen LogP contribution >= 0.6 is 15.9 Å². The monoisotopic (exact) mass is 292 g/mol. The van der Waals surface area contributed by atoms with Crippen LogP contribution in [0.4, 0.5) is 0 Å². The highest BCUT2D eigenvalue weighted by Crippen LogP contribution is 2.01. The topological polar surface area (TPSA) is 49.4 Å². The number of carbonyl (C=O) groups excluding carboxylic acids is 2. The summed E-state index contributed by atoms with van der Waals surface area (Å²) in [6.45, 7) is 3.94. The summed E-state index contributed by atoms with van der Waals surface area (Å²) in [5.74, 6) is -0.0776. The summed E-state index contributed by atoms with van der Waals surface area (Å²) < 4.78 is 0. The normalized spacial score (nSPS) is 10.3. The summed E-state index contributed by atoms with van der Waals surface area (Å²) in [5, 5.41) is 3.67. The Morgan fingerprint density at radius 3 is 2.44 bits per heavy atom. The van der Waals surface area contributed by atoms with E-state index in [1.54, 1.807) is 7.05 Å². The van der Waals surface area contributed by atoms with Gasteiger partial charge in [-0.2, -0.15) is 0 Å². The lowest BCUT2D eigenvalue weighted by molar-refractivity contribution is -0.135. The summed E-state index contributed by atoms with van der Waals surface area (Å²) in [5.41, 5.74) is 0. The van der Waals surface area contributed by atoms with E-state index in [0.717, 1.165) is 18.2 Å². The van der Waals surface area contributed by atoms with E-state index in [1.165, 1.54) is 4.90 Å². The molecule has 0 aromatic heterocycles. The summed E-state index contributed by atoms with van der Waals surface area (Å²) in [4.78, 5) is 24.4. The minimum Gasteiger partial charge on any atom is -0.352 e. The van der Waals surface area contributed by atoms with Crippen molar-refractivity contribution in [3.05, 3.63) is 0 Å². The average Bonchev–Trinajstić information content (AvgIpc) is 2.16. The smallest absolute Gasteiger partial charge is 0.239 e. The van der Waals surface area contributed by atoms with Crippen molar-refractivity contribution in [3.63, 3.8) is 0 Å². The second-order valence-corrected chi connectivity index (χ2v) is 4.91. The summed E-state index contributed by atoms with van der Waals surface area (Å²) >= 11 is 3.31. The molecule has 1 N–H and O–H groups in total. The molecule has 0 aliphatic carbocycles. The summed E-state index contributed by atoms with van der Waals surface area (Å²) in [7, 11) is 1.66. The second-order valence-electron chi connectivity index (χ2n) is 4.12. The van der Waals surface area contributed by atoms with E-state index < -0.39 is 0 Å². The fourth-order valence-corrected chi connectivity index (χ4v) is 1.63. The number of nitrogens with zero attached hydrogens (tertiary/aromatic N) is 1. The standard InChI is InChI=1S/C11H21BrN2O2/c1-9(2)13-10(15)8-14(3)11(16)6-4-5-7-12/h9H,4-8H2,1-3H3,(H,13,15). The first-order valence-corrected chi connectivity index (χ1v) is 6.68. The van der Waals surface area contributed by atoms with Gasteiger partial charge in [0.05, 0.1) is 6.54 Å². The Hall–Kier alpha value is -0.580. The van der Waals surface area contributed by atoms with Crippen LogP contribution in [-0.2, 0) is 9.59 Å². The molecular formula is C11H21BrN2O2. The van der Waals surface area contributed by atoms with Crippen LogP contribution in [0.2, 0.25) is 0 Å². The van der Waals surface area contributed by atoms with Crippen molar-refractivity contribution in [2.75, 3.05) is 18.9 Å². The fourth-order valence-electron chi connectivity index (χ4n) is 1.23. The third-order valence-corrected chi connectivity index (χ3v) is 2.59. The van der Waals surface area contributed by atoms with E-state index in [-0.39, 0.29) is 24.4 Å². The largest absolute Gasteiger partial charge is 0.352 e. The Morgan fingerprint density at radius 1 is 1.31 bits per heavy atom. The van der Waals surface area contributed by atoms with Crippen molar-refractivity contribution in [2.24, 2.45) is 0 Å². The Balaban J connectivity index is 3.81. The van der Waals surface area contributed by atoms with Gasteiger partial charge >= 0.3 is 0 Å². The molecular weight excluding hydrogens is 272 g/mol. The van der Waals surface area contributed by atoms with Gasteiger partial charge in [-0.05, 0) is 26.7 Å². The van der Waals surface area contributed by atoms with Gasteiger partial charge in [-0.3, -0.25) is 9.59 Å². The molecule has 94 valence electrons. The third kappa shape index (κ3) is 7.68. The van der Waals surface area contributed by atoms with Crippen LogP contribution in [0.5, 0.6) is 0 Å². The molecule has 2 amide bonds. The van der Waals surface area contributed by atoms with Crippen LogP contribution in [0.1, 0.15) is 33.1 Å². The molecule has 0 heterocycles. The predicted octanol–water partition coefficient (Wildman–Crippen LogP) is 1.53. The quantitative estimate of drug-likeness (QED) is 0.572. The average molecular weight is 293 g/mol. The molecule has 16 heavy (non-hydrogen) atoms. The van der Waals surface area contributed by atoms with Crippen molar-refractivity contribution in [1.29, 1.82) is 0 Å². The molecule has 5 heteroatoms. The molecule has 0 aliphatic rings. The van der Waals surface area contributed by atoms with Crippen LogP contribution < -0.4 is 5.32 Å². The van der Waals surface area contributed by atoms with Crippen molar-refractivity contribution in [1.82, 2.24) is 10.2 Å². The molecule has 0 aromatic rings. The molecule has 0 saturated heterocycles. The van der Waals surface area contributed by atoms with Crippen molar-refractivity contribution >= 4 is 27.7 Å². The molecule has 0 atom stereocenters. The maximum absolute atomic E-state index is 11.6. The molecule has 0 aromatic carbocycles. The van der Waals surface area contributed by atoms with E-state index in [4.69, 9.17) is 0 Å². The number of rotatable bonds is 7. The number of alkyl halides is 1. The van der Waals surface area contributed by atoms with Gasteiger partial charge in [-0.15, -0.1) is 0 Å². The SMILES string of the molecule is CC(C)NC(=O)CN(C)C(=O)CCCCBr. The number of hydrogen-bond donors (Lipinski definition) is 1. The van der Waals surface area contributed by atoms with Crippen molar-refractivity contribution in [2.45, 2.75) is 39.2 Å². The van der Waals surface area contributed by atoms with Crippen LogP contribution in [0.3, 0.4) is 0 Å². The lowest BCUT2D eigenvalue weighted by Crippen LogP contribution is -2.40. The summed E-state index contributed by atoms with van der Waals surface area (Å²) in [6, 6.07) is 0.115. The zero-order chi connectivity index (χ0) is 12.6. The first-order chi connectivity index (χ1) is 7.47. The van der Waals surface area contributed by atoms with Gasteiger partial charge in [0.15, 0.2) is 0 Å². The highest BCUT2D eigenvalue weighted by molar-refractivity contribution is 9.09. The van der Waals surface area contributed by atoms with E-state index in [9.17, 15) is 9.59 Å². The minimum absolute atomic E-state index is 0.0276. The number of likely N-dealkylation sites (N-methyl/N-ethyl adjacent to an activating group) is 1. The number of nitrogens with one attached hydrogen (secondary N) is 1. The Bertz CT molecular complexity index is 232. The maximum atomic E-state index is 11.6. The highest BCUT2D eigenvalue weighted by Gasteiger charge is 2.12. The zero-order valence-electron chi connectivity index (χ0n) is 10.3. The first-order valence-electron chi connectivity index (χ1n) is 5.56. The van der Waals surface area contributed by atoms with Gasteiger partial charge in [0, 0.05) is 24.8 Å². The molecule has 0 bridgehead atoms. The molecule has 4 nitrogen and oxygen atoms in total. The van der Waals surface area contributed by atoms with Crippen molar-refractivity contribution < 1.29 is 9.59 Å². The Morgan fingerprint density at radius 2 is 1.94 bits per heavy atom. The minimum atomic E-state index is -0.105. The molecule has 0 rings (SSSR count). The Kier molecular flexibility index (Phi) is 8.25.